The van der Waals surface area contributed by atoms with Gasteiger partial charge in [0.25, 0.3) is 0 Å². The Labute approximate surface area is 93.2 Å². The van der Waals surface area contributed by atoms with E-state index in [-0.39, 0.29) is 22.8 Å². The SMILES string of the molecule is CCOc1cc(C(=O)O)cc(O)c1OCC. The lowest BCUT2D eigenvalue weighted by molar-refractivity contribution is 0.0695. The number of ether oxygens (including phenoxy) is 2. The Morgan fingerprint density at radius 3 is 2.38 bits per heavy atom. The first-order valence-corrected chi connectivity index (χ1v) is 4.96. The zero-order valence-electron chi connectivity index (χ0n) is 9.19. The summed E-state index contributed by atoms with van der Waals surface area (Å²) in [5.41, 5.74) is -0.0376. The second-order valence-electron chi connectivity index (χ2n) is 2.99. The number of aromatic hydroxyl groups is 1. The second kappa shape index (κ2) is 5.25. The van der Waals surface area contributed by atoms with Crippen molar-refractivity contribution in [3.05, 3.63) is 17.7 Å². The summed E-state index contributed by atoms with van der Waals surface area (Å²) in [6, 6.07) is 2.46. The molecule has 0 saturated heterocycles. The van der Waals surface area contributed by atoms with E-state index in [1.54, 1.807) is 13.8 Å². The molecule has 0 unspecified atom stereocenters. The van der Waals surface area contributed by atoms with Gasteiger partial charge in [0.1, 0.15) is 0 Å². The maximum absolute atomic E-state index is 10.8. The highest BCUT2D eigenvalue weighted by Gasteiger charge is 2.15. The van der Waals surface area contributed by atoms with Crippen molar-refractivity contribution < 1.29 is 24.5 Å². The molecule has 0 amide bonds. The van der Waals surface area contributed by atoms with E-state index in [9.17, 15) is 9.90 Å². The number of carboxylic acids is 1. The molecule has 1 aromatic rings. The molecule has 0 spiro atoms. The molecule has 0 heterocycles. The topological polar surface area (TPSA) is 76.0 Å². The van der Waals surface area contributed by atoms with Crippen molar-refractivity contribution in [2.75, 3.05) is 13.2 Å². The van der Waals surface area contributed by atoms with Gasteiger partial charge in [-0.3, -0.25) is 0 Å². The Bertz CT molecular complexity index is 386. The monoisotopic (exact) mass is 226 g/mol. The van der Waals surface area contributed by atoms with Crippen LogP contribution >= 0.6 is 0 Å². The Morgan fingerprint density at radius 1 is 1.25 bits per heavy atom. The lowest BCUT2D eigenvalue weighted by Gasteiger charge is -2.12. The lowest BCUT2D eigenvalue weighted by Crippen LogP contribution is -2.02. The molecule has 1 aromatic carbocycles. The van der Waals surface area contributed by atoms with Gasteiger partial charge < -0.3 is 19.7 Å². The zero-order chi connectivity index (χ0) is 12.1. The van der Waals surface area contributed by atoms with E-state index in [1.807, 2.05) is 0 Å². The first-order valence-electron chi connectivity index (χ1n) is 4.96. The van der Waals surface area contributed by atoms with Crippen molar-refractivity contribution in [2.45, 2.75) is 13.8 Å². The van der Waals surface area contributed by atoms with Crippen LogP contribution in [0, 0.1) is 0 Å². The van der Waals surface area contributed by atoms with Crippen molar-refractivity contribution >= 4 is 5.97 Å². The van der Waals surface area contributed by atoms with Crippen LogP contribution in [-0.4, -0.2) is 29.4 Å². The molecule has 88 valence electrons. The molecule has 5 nitrogen and oxygen atoms in total. The molecule has 0 aliphatic rings. The van der Waals surface area contributed by atoms with Gasteiger partial charge in [-0.2, -0.15) is 0 Å². The Kier molecular flexibility index (Phi) is 3.99. The van der Waals surface area contributed by atoms with Crippen LogP contribution in [0.1, 0.15) is 24.2 Å². The molecule has 0 saturated carbocycles. The van der Waals surface area contributed by atoms with E-state index in [1.165, 1.54) is 6.07 Å². The summed E-state index contributed by atoms with van der Waals surface area (Å²) in [4.78, 5) is 10.8. The summed E-state index contributed by atoms with van der Waals surface area (Å²) in [7, 11) is 0. The van der Waals surface area contributed by atoms with Gasteiger partial charge in [0.15, 0.2) is 11.5 Å². The second-order valence-corrected chi connectivity index (χ2v) is 2.99. The molecule has 0 aliphatic carbocycles. The number of carbonyl (C=O) groups is 1. The first-order chi connectivity index (χ1) is 7.60. The predicted octanol–water partition coefficient (Wildman–Crippen LogP) is 1.89. The fourth-order valence-electron chi connectivity index (χ4n) is 1.26. The number of benzene rings is 1. The van der Waals surface area contributed by atoms with Crippen molar-refractivity contribution in [1.29, 1.82) is 0 Å². The quantitative estimate of drug-likeness (QED) is 0.801. The number of carboxylic acid groups (broad SMARTS) is 1. The number of aromatic carboxylic acids is 1. The standard InChI is InChI=1S/C11H14O5/c1-3-15-9-6-7(11(13)14)5-8(12)10(9)16-4-2/h5-6,12H,3-4H2,1-2H3,(H,13,14). The van der Waals surface area contributed by atoms with Crippen molar-refractivity contribution in [3.63, 3.8) is 0 Å². The summed E-state index contributed by atoms with van der Waals surface area (Å²) < 4.78 is 10.4. The van der Waals surface area contributed by atoms with Crippen LogP contribution in [0.25, 0.3) is 0 Å². The smallest absolute Gasteiger partial charge is 0.335 e. The van der Waals surface area contributed by atoms with Crippen molar-refractivity contribution in [2.24, 2.45) is 0 Å². The van der Waals surface area contributed by atoms with Crippen LogP contribution in [0.2, 0.25) is 0 Å². The average Bonchev–Trinajstić information content (AvgIpc) is 2.23. The summed E-state index contributed by atoms with van der Waals surface area (Å²) in [6.07, 6.45) is 0. The molecule has 0 aromatic heterocycles. The van der Waals surface area contributed by atoms with E-state index in [0.717, 1.165) is 6.07 Å². The normalized spacial score (nSPS) is 9.88. The molecule has 0 atom stereocenters. The van der Waals surface area contributed by atoms with Crippen LogP contribution in [0.4, 0.5) is 0 Å². The maximum Gasteiger partial charge on any atom is 0.335 e. The molecule has 5 heteroatoms. The molecule has 0 radical (unpaired) electrons. The van der Waals surface area contributed by atoms with Gasteiger partial charge in [-0.05, 0) is 26.0 Å². The molecule has 0 bridgehead atoms. The zero-order valence-corrected chi connectivity index (χ0v) is 9.19. The number of rotatable bonds is 5. The minimum absolute atomic E-state index is 0.0376. The van der Waals surface area contributed by atoms with Gasteiger partial charge in [-0.1, -0.05) is 0 Å². The fraction of sp³-hybridized carbons (Fsp3) is 0.364. The first kappa shape index (κ1) is 12.2. The van der Waals surface area contributed by atoms with E-state index >= 15 is 0 Å². The van der Waals surface area contributed by atoms with E-state index in [4.69, 9.17) is 14.6 Å². The van der Waals surface area contributed by atoms with Crippen molar-refractivity contribution in [1.82, 2.24) is 0 Å². The molecule has 2 N–H and O–H groups in total. The van der Waals surface area contributed by atoms with Crippen LogP contribution in [0.5, 0.6) is 17.2 Å². The third-order valence-corrected chi connectivity index (χ3v) is 1.87. The van der Waals surface area contributed by atoms with Crippen LogP contribution in [-0.2, 0) is 0 Å². The Balaban J connectivity index is 3.21. The van der Waals surface area contributed by atoms with Gasteiger partial charge >= 0.3 is 5.97 Å². The summed E-state index contributed by atoms with van der Waals surface area (Å²) in [5.74, 6) is -0.944. The number of hydrogen-bond acceptors (Lipinski definition) is 4. The maximum atomic E-state index is 10.8. The molecular formula is C11H14O5. The number of hydrogen-bond donors (Lipinski definition) is 2. The van der Waals surface area contributed by atoms with Gasteiger partial charge in [-0.25, -0.2) is 4.79 Å². The number of phenols is 1. The Hall–Kier alpha value is -1.91. The minimum atomic E-state index is -1.13. The number of phenolic OH excluding ortho intramolecular Hbond substituents is 1. The van der Waals surface area contributed by atoms with Gasteiger partial charge in [-0.15, -0.1) is 0 Å². The lowest BCUT2D eigenvalue weighted by atomic mass is 10.2. The van der Waals surface area contributed by atoms with E-state index in [0.29, 0.717) is 13.2 Å². The molecular weight excluding hydrogens is 212 g/mol. The highest BCUT2D eigenvalue weighted by molar-refractivity contribution is 5.89. The van der Waals surface area contributed by atoms with Crippen LogP contribution in [0.3, 0.4) is 0 Å². The summed E-state index contributed by atoms with van der Waals surface area (Å²) >= 11 is 0. The predicted molar refractivity (Wildman–Crippen MR) is 57.4 cm³/mol. The third-order valence-electron chi connectivity index (χ3n) is 1.87. The highest BCUT2D eigenvalue weighted by atomic mass is 16.5. The molecule has 1 rings (SSSR count). The highest BCUT2D eigenvalue weighted by Crippen LogP contribution is 2.37. The average molecular weight is 226 g/mol. The fourth-order valence-corrected chi connectivity index (χ4v) is 1.26. The van der Waals surface area contributed by atoms with Crippen molar-refractivity contribution in [3.8, 4) is 17.2 Å². The van der Waals surface area contributed by atoms with Crippen LogP contribution in [0.15, 0.2) is 12.1 Å². The Morgan fingerprint density at radius 2 is 1.88 bits per heavy atom. The summed E-state index contributed by atoms with van der Waals surface area (Å²) in [6.45, 7) is 4.25. The summed E-state index contributed by atoms with van der Waals surface area (Å²) in [5, 5.41) is 18.4. The van der Waals surface area contributed by atoms with Gasteiger partial charge in [0.05, 0.1) is 18.8 Å². The largest absolute Gasteiger partial charge is 0.504 e. The molecule has 16 heavy (non-hydrogen) atoms. The molecule has 0 fully saturated rings. The minimum Gasteiger partial charge on any atom is -0.504 e. The van der Waals surface area contributed by atoms with E-state index in [2.05, 4.69) is 0 Å². The van der Waals surface area contributed by atoms with E-state index < -0.39 is 5.97 Å². The van der Waals surface area contributed by atoms with Crippen LogP contribution < -0.4 is 9.47 Å². The molecule has 0 aliphatic heterocycles. The van der Waals surface area contributed by atoms with Gasteiger partial charge in [0, 0.05) is 0 Å². The van der Waals surface area contributed by atoms with Gasteiger partial charge in [0.2, 0.25) is 5.75 Å². The third kappa shape index (κ3) is 2.56.